The van der Waals surface area contributed by atoms with Gasteiger partial charge in [-0.15, -0.1) is 0 Å². The molecule has 2 aromatic carbocycles. The van der Waals surface area contributed by atoms with E-state index in [0.29, 0.717) is 17.9 Å². The first-order valence-electron chi connectivity index (χ1n) is 9.57. The van der Waals surface area contributed by atoms with Crippen LogP contribution >= 0.6 is 0 Å². The van der Waals surface area contributed by atoms with Crippen LogP contribution < -0.4 is 9.47 Å². The molecule has 4 nitrogen and oxygen atoms in total. The monoisotopic (exact) mass is 382 g/mol. The van der Waals surface area contributed by atoms with Gasteiger partial charge in [0.2, 0.25) is 0 Å². The highest BCUT2D eigenvalue weighted by Gasteiger charge is 2.23. The highest BCUT2D eigenvalue weighted by atomic mass is 16.5. The van der Waals surface area contributed by atoms with Gasteiger partial charge in [-0.2, -0.15) is 0 Å². The SMILES string of the molecule is C=C(C)C(=O)CC(O)COc1ccc(C(C)(C)c2ccc(OCC)cc2)cc1. The van der Waals surface area contributed by atoms with Gasteiger partial charge in [0.25, 0.3) is 0 Å². The molecule has 4 heteroatoms. The standard InChI is InChI=1S/C24H30O4/c1-6-27-21-11-7-18(8-12-21)24(4,5)19-9-13-22(14-10-19)28-16-20(25)15-23(26)17(2)3/h7-14,20,25H,2,6,15-16H2,1,3-5H3. The van der Waals surface area contributed by atoms with Crippen LogP contribution in [0.15, 0.2) is 60.7 Å². The van der Waals surface area contributed by atoms with Crippen LogP contribution in [0.3, 0.4) is 0 Å². The van der Waals surface area contributed by atoms with E-state index >= 15 is 0 Å². The van der Waals surface area contributed by atoms with Crippen LogP contribution in [0.2, 0.25) is 0 Å². The van der Waals surface area contributed by atoms with E-state index in [4.69, 9.17) is 9.47 Å². The highest BCUT2D eigenvalue weighted by molar-refractivity contribution is 5.94. The van der Waals surface area contributed by atoms with E-state index in [1.807, 2.05) is 43.3 Å². The zero-order valence-electron chi connectivity index (χ0n) is 17.2. The number of ether oxygens (including phenoxy) is 2. The molecule has 150 valence electrons. The van der Waals surface area contributed by atoms with E-state index < -0.39 is 6.10 Å². The third-order valence-electron chi connectivity index (χ3n) is 4.80. The van der Waals surface area contributed by atoms with E-state index in [1.165, 1.54) is 5.56 Å². The van der Waals surface area contributed by atoms with Crippen LogP contribution in [0.25, 0.3) is 0 Å². The lowest BCUT2D eigenvalue weighted by atomic mass is 9.78. The highest BCUT2D eigenvalue weighted by Crippen LogP contribution is 2.33. The van der Waals surface area contributed by atoms with Crippen LogP contribution in [0, 0.1) is 0 Å². The number of carbonyl (C=O) groups excluding carboxylic acids is 1. The zero-order chi connectivity index (χ0) is 20.7. The number of hydrogen-bond donors (Lipinski definition) is 1. The predicted octanol–water partition coefficient (Wildman–Crippen LogP) is 4.69. The molecule has 0 radical (unpaired) electrons. The minimum atomic E-state index is -0.843. The number of aliphatic hydroxyl groups is 1. The maximum atomic E-state index is 11.6. The average molecular weight is 383 g/mol. The Morgan fingerprint density at radius 2 is 1.46 bits per heavy atom. The number of benzene rings is 2. The van der Waals surface area contributed by atoms with Crippen LogP contribution in [0.5, 0.6) is 11.5 Å². The van der Waals surface area contributed by atoms with Crippen molar-refractivity contribution in [2.24, 2.45) is 0 Å². The van der Waals surface area contributed by atoms with Crippen molar-refractivity contribution >= 4 is 5.78 Å². The Bertz CT molecular complexity index is 788. The lowest BCUT2D eigenvalue weighted by Crippen LogP contribution is -2.22. The van der Waals surface area contributed by atoms with Gasteiger partial charge >= 0.3 is 0 Å². The molecule has 0 saturated carbocycles. The Kier molecular flexibility index (Phi) is 7.41. The Balaban J connectivity index is 2.00. The van der Waals surface area contributed by atoms with E-state index in [0.717, 1.165) is 11.3 Å². The molecule has 0 amide bonds. The minimum Gasteiger partial charge on any atom is -0.494 e. The van der Waals surface area contributed by atoms with Gasteiger partial charge in [0.1, 0.15) is 18.1 Å². The maximum Gasteiger partial charge on any atom is 0.160 e. The molecular weight excluding hydrogens is 352 g/mol. The first kappa shape index (κ1) is 21.7. The van der Waals surface area contributed by atoms with Crippen molar-refractivity contribution < 1.29 is 19.4 Å². The molecular formula is C24H30O4. The molecule has 0 spiro atoms. The molecule has 0 fully saturated rings. The lowest BCUT2D eigenvalue weighted by molar-refractivity contribution is -0.117. The average Bonchev–Trinajstić information content (AvgIpc) is 2.67. The molecule has 28 heavy (non-hydrogen) atoms. The Labute approximate surface area is 167 Å². The lowest BCUT2D eigenvalue weighted by Gasteiger charge is -2.26. The molecule has 0 aliphatic carbocycles. The number of aliphatic hydroxyl groups excluding tert-OH is 1. The molecule has 2 aromatic rings. The summed E-state index contributed by atoms with van der Waals surface area (Å²) in [6, 6.07) is 16.0. The number of Topliss-reactive ketones (excluding diaryl/α,β-unsaturated/α-hetero) is 1. The van der Waals surface area contributed by atoms with Crippen molar-refractivity contribution in [3.05, 3.63) is 71.8 Å². The molecule has 1 N–H and O–H groups in total. The number of rotatable bonds is 10. The van der Waals surface area contributed by atoms with E-state index in [9.17, 15) is 9.90 Å². The van der Waals surface area contributed by atoms with Gasteiger partial charge in [0.15, 0.2) is 5.78 Å². The Morgan fingerprint density at radius 1 is 1.00 bits per heavy atom. The zero-order valence-corrected chi connectivity index (χ0v) is 17.2. The van der Waals surface area contributed by atoms with E-state index in [1.54, 1.807) is 6.92 Å². The van der Waals surface area contributed by atoms with Gasteiger partial charge < -0.3 is 14.6 Å². The quantitative estimate of drug-likeness (QED) is 0.606. The summed E-state index contributed by atoms with van der Waals surface area (Å²) < 4.78 is 11.1. The second-order valence-electron chi connectivity index (χ2n) is 7.48. The molecule has 0 heterocycles. The van der Waals surface area contributed by atoms with Crippen molar-refractivity contribution in [2.75, 3.05) is 13.2 Å². The van der Waals surface area contributed by atoms with Crippen molar-refractivity contribution in [2.45, 2.75) is 45.6 Å². The number of allylic oxidation sites excluding steroid dienone is 1. The number of hydrogen-bond acceptors (Lipinski definition) is 4. The van der Waals surface area contributed by atoms with Crippen molar-refractivity contribution in [1.82, 2.24) is 0 Å². The third kappa shape index (κ3) is 5.70. The van der Waals surface area contributed by atoms with Crippen molar-refractivity contribution in [3.63, 3.8) is 0 Å². The van der Waals surface area contributed by atoms with Crippen molar-refractivity contribution in [1.29, 1.82) is 0 Å². The first-order chi connectivity index (χ1) is 13.2. The smallest absolute Gasteiger partial charge is 0.160 e. The minimum absolute atomic E-state index is 0.0260. The van der Waals surface area contributed by atoms with Gasteiger partial charge in [-0.1, -0.05) is 44.7 Å². The summed E-state index contributed by atoms with van der Waals surface area (Å²) in [5, 5.41) is 9.93. The van der Waals surface area contributed by atoms with Gasteiger partial charge in [-0.3, -0.25) is 4.79 Å². The molecule has 0 aliphatic heterocycles. The molecule has 0 saturated heterocycles. The molecule has 0 aromatic heterocycles. The summed E-state index contributed by atoms with van der Waals surface area (Å²) in [5.41, 5.74) is 2.62. The normalized spacial score (nSPS) is 12.3. The van der Waals surface area contributed by atoms with Gasteiger partial charge in [0.05, 0.1) is 12.7 Å². The summed E-state index contributed by atoms with van der Waals surface area (Å²) in [7, 11) is 0. The number of ketones is 1. The summed E-state index contributed by atoms with van der Waals surface area (Å²) in [6.07, 6.45) is -0.817. The van der Waals surface area contributed by atoms with Crippen LogP contribution in [-0.2, 0) is 10.2 Å². The summed E-state index contributed by atoms with van der Waals surface area (Å²) in [4.78, 5) is 11.6. The maximum absolute atomic E-state index is 11.6. The van der Waals surface area contributed by atoms with Crippen molar-refractivity contribution in [3.8, 4) is 11.5 Å². The Hall–Kier alpha value is -2.59. The van der Waals surface area contributed by atoms with E-state index in [-0.39, 0.29) is 24.2 Å². The second-order valence-corrected chi connectivity index (χ2v) is 7.48. The third-order valence-corrected chi connectivity index (χ3v) is 4.80. The topological polar surface area (TPSA) is 55.8 Å². The Morgan fingerprint density at radius 3 is 1.89 bits per heavy atom. The second kappa shape index (κ2) is 9.56. The summed E-state index contributed by atoms with van der Waals surface area (Å²) in [6.45, 7) is 12.3. The summed E-state index contributed by atoms with van der Waals surface area (Å²) in [5.74, 6) is 1.38. The first-order valence-corrected chi connectivity index (χ1v) is 9.57. The fourth-order valence-electron chi connectivity index (χ4n) is 2.91. The van der Waals surface area contributed by atoms with Gasteiger partial charge in [0, 0.05) is 11.8 Å². The fraction of sp³-hybridized carbons (Fsp3) is 0.375. The van der Waals surface area contributed by atoms with Gasteiger partial charge in [-0.05, 0) is 54.8 Å². The number of carbonyl (C=O) groups is 1. The van der Waals surface area contributed by atoms with Crippen LogP contribution in [0.1, 0.15) is 45.2 Å². The predicted molar refractivity (Wildman–Crippen MR) is 112 cm³/mol. The van der Waals surface area contributed by atoms with E-state index in [2.05, 4.69) is 32.6 Å². The molecule has 1 atom stereocenters. The molecule has 0 aliphatic rings. The largest absolute Gasteiger partial charge is 0.494 e. The van der Waals surface area contributed by atoms with Gasteiger partial charge in [-0.25, -0.2) is 0 Å². The van der Waals surface area contributed by atoms with Crippen LogP contribution in [-0.4, -0.2) is 30.2 Å². The summed E-state index contributed by atoms with van der Waals surface area (Å²) >= 11 is 0. The van der Waals surface area contributed by atoms with Crippen LogP contribution in [0.4, 0.5) is 0 Å². The fourth-order valence-corrected chi connectivity index (χ4v) is 2.91. The molecule has 2 rings (SSSR count). The molecule has 1 unspecified atom stereocenters. The molecule has 0 bridgehead atoms.